The number of ether oxygens (including phenoxy) is 2. The Kier molecular flexibility index (Phi) is 4.69. The van der Waals surface area contributed by atoms with Crippen molar-refractivity contribution < 1.29 is 27.4 Å². The van der Waals surface area contributed by atoms with Gasteiger partial charge < -0.3 is 9.47 Å². The minimum Gasteiger partial charge on any atom is -0.461 e. The van der Waals surface area contributed by atoms with Crippen LogP contribution in [0.3, 0.4) is 0 Å². The number of carbonyl (C=O) groups is 1. The summed E-state index contributed by atoms with van der Waals surface area (Å²) in [4.78, 5) is 11.8. The predicted molar refractivity (Wildman–Crippen MR) is 72.2 cm³/mol. The zero-order valence-corrected chi connectivity index (χ0v) is 12.7. The van der Waals surface area contributed by atoms with Crippen LogP contribution in [0.25, 0.3) is 11.3 Å². The highest BCUT2D eigenvalue weighted by atomic mass is 79.9. The van der Waals surface area contributed by atoms with Gasteiger partial charge in [-0.25, -0.2) is 4.79 Å². The lowest BCUT2D eigenvalue weighted by molar-refractivity contribution is -0.274. The Bertz CT molecular complexity index is 688. The number of nitrogens with zero attached hydrogens (tertiary/aromatic N) is 2. The van der Waals surface area contributed by atoms with Gasteiger partial charge in [0, 0.05) is 4.47 Å². The maximum absolute atomic E-state index is 12.5. The molecular formula is C12H9BrF3N3O3. The van der Waals surface area contributed by atoms with Gasteiger partial charge in [0.25, 0.3) is 0 Å². The molecule has 2 rings (SSSR count). The van der Waals surface area contributed by atoms with Crippen LogP contribution in [0.2, 0.25) is 0 Å². The molecule has 22 heavy (non-hydrogen) atoms. The summed E-state index contributed by atoms with van der Waals surface area (Å²) in [5.41, 5.74) is -0.400. The molecule has 0 bridgehead atoms. The highest BCUT2D eigenvalue weighted by Crippen LogP contribution is 2.39. The number of halogens is 4. The number of esters is 1. The number of rotatable bonds is 4. The van der Waals surface area contributed by atoms with Crippen molar-refractivity contribution in [1.82, 2.24) is 15.4 Å². The number of aromatic nitrogens is 3. The van der Waals surface area contributed by atoms with Crippen LogP contribution >= 0.6 is 15.9 Å². The molecule has 0 atom stereocenters. The van der Waals surface area contributed by atoms with E-state index in [4.69, 9.17) is 4.74 Å². The monoisotopic (exact) mass is 379 g/mol. The topological polar surface area (TPSA) is 77.1 Å². The molecule has 0 unspecified atom stereocenters. The van der Waals surface area contributed by atoms with E-state index < -0.39 is 18.1 Å². The predicted octanol–water partition coefficient (Wildman–Crippen LogP) is 3.31. The standard InChI is InChI=1S/C12H9BrF3N3O3/c1-2-21-11(20)10-9(17-19-18-10)8-6(13)4-3-5-7(8)22-12(14,15)16/h3-5H,2H2,1H3,(H,17,18,19). The number of hydrogen-bond donors (Lipinski definition) is 1. The van der Waals surface area contributed by atoms with E-state index in [0.29, 0.717) is 0 Å². The second kappa shape index (κ2) is 6.34. The SMILES string of the molecule is CCOC(=O)c1n[nH]nc1-c1c(Br)cccc1OC(F)(F)F. The molecule has 0 aliphatic rings. The number of aromatic amines is 1. The third-order valence-electron chi connectivity index (χ3n) is 2.45. The first-order valence-corrected chi connectivity index (χ1v) is 6.75. The van der Waals surface area contributed by atoms with E-state index >= 15 is 0 Å². The van der Waals surface area contributed by atoms with Crippen LogP contribution in [0.5, 0.6) is 5.75 Å². The van der Waals surface area contributed by atoms with E-state index in [1.807, 2.05) is 0 Å². The fraction of sp³-hybridized carbons (Fsp3) is 0.250. The molecule has 0 amide bonds. The highest BCUT2D eigenvalue weighted by Gasteiger charge is 2.34. The number of benzene rings is 1. The molecule has 0 spiro atoms. The second-order valence-electron chi connectivity index (χ2n) is 3.90. The van der Waals surface area contributed by atoms with Gasteiger partial charge in [-0.05, 0) is 35.0 Å². The molecule has 118 valence electrons. The Balaban J connectivity index is 2.54. The van der Waals surface area contributed by atoms with E-state index in [-0.39, 0.29) is 28.0 Å². The summed E-state index contributed by atoms with van der Waals surface area (Å²) in [7, 11) is 0. The average Bonchev–Trinajstić information content (AvgIpc) is 2.86. The highest BCUT2D eigenvalue weighted by molar-refractivity contribution is 9.10. The normalized spacial score (nSPS) is 11.3. The van der Waals surface area contributed by atoms with Crippen molar-refractivity contribution >= 4 is 21.9 Å². The van der Waals surface area contributed by atoms with Crippen LogP contribution in [-0.2, 0) is 4.74 Å². The number of nitrogens with one attached hydrogen (secondary N) is 1. The Labute approximate surface area is 130 Å². The molecular weight excluding hydrogens is 371 g/mol. The molecule has 0 radical (unpaired) electrons. The summed E-state index contributed by atoms with van der Waals surface area (Å²) >= 11 is 3.12. The van der Waals surface area contributed by atoms with Gasteiger partial charge in [-0.3, -0.25) is 0 Å². The van der Waals surface area contributed by atoms with Crippen molar-refractivity contribution in [1.29, 1.82) is 0 Å². The molecule has 0 saturated carbocycles. The molecule has 1 aromatic carbocycles. The second-order valence-corrected chi connectivity index (χ2v) is 4.76. The molecule has 1 aromatic heterocycles. The van der Waals surface area contributed by atoms with Gasteiger partial charge in [0.15, 0.2) is 5.69 Å². The van der Waals surface area contributed by atoms with Gasteiger partial charge in [0.2, 0.25) is 0 Å². The van der Waals surface area contributed by atoms with E-state index in [1.165, 1.54) is 12.1 Å². The van der Waals surface area contributed by atoms with Crippen LogP contribution in [0, 0.1) is 0 Å². The molecule has 1 heterocycles. The average molecular weight is 380 g/mol. The summed E-state index contributed by atoms with van der Waals surface area (Å²) in [5, 5.41) is 9.54. The largest absolute Gasteiger partial charge is 0.573 e. The molecule has 10 heteroatoms. The molecule has 6 nitrogen and oxygen atoms in total. The van der Waals surface area contributed by atoms with Crippen molar-refractivity contribution in [3.8, 4) is 17.0 Å². The van der Waals surface area contributed by atoms with E-state index in [1.54, 1.807) is 6.92 Å². The van der Waals surface area contributed by atoms with Gasteiger partial charge >= 0.3 is 12.3 Å². The zero-order chi connectivity index (χ0) is 16.3. The number of H-pyrrole nitrogens is 1. The van der Waals surface area contributed by atoms with Crippen LogP contribution in [-0.4, -0.2) is 34.3 Å². The summed E-state index contributed by atoms with van der Waals surface area (Å²) in [5.74, 6) is -1.32. The van der Waals surface area contributed by atoms with Crippen molar-refractivity contribution in [2.24, 2.45) is 0 Å². The van der Waals surface area contributed by atoms with E-state index in [0.717, 1.165) is 6.07 Å². The van der Waals surface area contributed by atoms with Crippen LogP contribution < -0.4 is 4.74 Å². The number of hydrogen-bond acceptors (Lipinski definition) is 5. The van der Waals surface area contributed by atoms with Crippen molar-refractivity contribution in [2.75, 3.05) is 6.61 Å². The Hall–Kier alpha value is -2.10. The van der Waals surface area contributed by atoms with E-state index in [9.17, 15) is 18.0 Å². The lowest BCUT2D eigenvalue weighted by Crippen LogP contribution is -2.18. The molecule has 0 aliphatic carbocycles. The number of carbonyl (C=O) groups excluding carboxylic acids is 1. The Morgan fingerprint density at radius 3 is 2.73 bits per heavy atom. The third-order valence-corrected chi connectivity index (χ3v) is 3.12. The van der Waals surface area contributed by atoms with Gasteiger partial charge in [-0.15, -0.1) is 18.3 Å². The molecule has 0 aliphatic heterocycles. The molecule has 2 aromatic rings. The first-order chi connectivity index (χ1) is 10.3. The van der Waals surface area contributed by atoms with Crippen LogP contribution in [0.4, 0.5) is 13.2 Å². The van der Waals surface area contributed by atoms with Crippen molar-refractivity contribution in [3.05, 3.63) is 28.4 Å². The minimum atomic E-state index is -4.89. The third kappa shape index (κ3) is 3.56. The Morgan fingerprint density at radius 1 is 1.36 bits per heavy atom. The van der Waals surface area contributed by atoms with Crippen molar-refractivity contribution in [3.63, 3.8) is 0 Å². The summed E-state index contributed by atoms with van der Waals surface area (Å²) in [6.07, 6.45) is -4.89. The lowest BCUT2D eigenvalue weighted by atomic mass is 10.1. The summed E-state index contributed by atoms with van der Waals surface area (Å²) in [6, 6.07) is 3.96. The first kappa shape index (κ1) is 16.3. The Morgan fingerprint density at radius 2 is 2.09 bits per heavy atom. The van der Waals surface area contributed by atoms with E-state index in [2.05, 4.69) is 36.1 Å². The van der Waals surface area contributed by atoms with Gasteiger partial charge in [0.1, 0.15) is 11.4 Å². The quantitative estimate of drug-likeness (QED) is 0.824. The fourth-order valence-electron chi connectivity index (χ4n) is 1.69. The smallest absolute Gasteiger partial charge is 0.461 e. The lowest BCUT2D eigenvalue weighted by Gasteiger charge is -2.13. The fourth-order valence-corrected chi connectivity index (χ4v) is 2.23. The molecule has 1 N–H and O–H groups in total. The first-order valence-electron chi connectivity index (χ1n) is 5.96. The summed E-state index contributed by atoms with van der Waals surface area (Å²) in [6.45, 7) is 1.68. The van der Waals surface area contributed by atoms with Gasteiger partial charge in [-0.1, -0.05) is 6.07 Å². The minimum absolute atomic E-state index is 0.0587. The van der Waals surface area contributed by atoms with Crippen molar-refractivity contribution in [2.45, 2.75) is 13.3 Å². The summed E-state index contributed by atoms with van der Waals surface area (Å²) < 4.78 is 46.5. The maximum Gasteiger partial charge on any atom is 0.573 e. The van der Waals surface area contributed by atoms with Gasteiger partial charge in [0.05, 0.1) is 12.2 Å². The zero-order valence-electron chi connectivity index (χ0n) is 11.1. The van der Waals surface area contributed by atoms with Crippen LogP contribution in [0.1, 0.15) is 17.4 Å². The van der Waals surface area contributed by atoms with Crippen LogP contribution in [0.15, 0.2) is 22.7 Å². The maximum atomic E-state index is 12.5. The molecule has 0 saturated heterocycles. The van der Waals surface area contributed by atoms with Gasteiger partial charge in [-0.2, -0.15) is 10.3 Å². The molecule has 0 fully saturated rings. The number of alkyl halides is 3.